The van der Waals surface area contributed by atoms with Crippen molar-refractivity contribution < 1.29 is 8.83 Å². The van der Waals surface area contributed by atoms with E-state index in [1.54, 1.807) is 0 Å². The van der Waals surface area contributed by atoms with Gasteiger partial charge >= 0.3 is 0 Å². The maximum absolute atomic E-state index is 6.55. The molecule has 3 heteroatoms. The molecular weight excluding hydrogens is 743 g/mol. The van der Waals surface area contributed by atoms with Crippen LogP contribution in [-0.2, 0) is 0 Å². The van der Waals surface area contributed by atoms with E-state index < -0.39 is 0 Å². The van der Waals surface area contributed by atoms with Crippen molar-refractivity contribution in [2.24, 2.45) is 0 Å². The first-order valence-electron chi connectivity index (χ1n) is 20.9. The van der Waals surface area contributed by atoms with Gasteiger partial charge in [-0.2, -0.15) is 0 Å². The number of para-hydroxylation sites is 4. The number of hydrogen-bond acceptors (Lipinski definition) is 2. The highest BCUT2D eigenvalue weighted by Gasteiger charge is 2.20. The molecular formula is C58H33NO2. The minimum absolute atomic E-state index is 0.901. The van der Waals surface area contributed by atoms with Crippen LogP contribution in [0.1, 0.15) is 0 Å². The topological polar surface area (TPSA) is 31.2 Å². The summed E-state index contributed by atoms with van der Waals surface area (Å²) >= 11 is 0. The number of rotatable bonds is 4. The number of aromatic nitrogens is 1. The third-order valence-electron chi connectivity index (χ3n) is 13.2. The van der Waals surface area contributed by atoms with Gasteiger partial charge in [0, 0.05) is 49.1 Å². The normalized spacial score (nSPS) is 12.3. The summed E-state index contributed by atoms with van der Waals surface area (Å²) in [6, 6.07) is 72.6. The molecule has 0 N–H and O–H groups in total. The van der Waals surface area contributed by atoms with Gasteiger partial charge in [0.05, 0.1) is 11.0 Å². The van der Waals surface area contributed by atoms with Gasteiger partial charge in [-0.3, -0.25) is 0 Å². The molecule has 0 saturated carbocycles. The van der Waals surface area contributed by atoms with E-state index in [4.69, 9.17) is 8.83 Å². The number of hydrogen-bond donors (Lipinski definition) is 0. The standard InChI is InChI=1S/C58H33NO2/c1-3-16-53-44(10-1)47-14-6-12-42(57(47)60-53)38-24-30-51-49(32-38)50-33-39(43-13-7-15-48-45-11-2-4-17-54(45)61-58(43)48)25-31-52(50)59(51)40-26-20-34(21-27-40)41-28-22-37-19-18-35-8-5-9-36-23-29-46(41)56(37)55(35)36/h1-33H. The molecule has 282 valence electrons. The van der Waals surface area contributed by atoms with E-state index in [0.29, 0.717) is 0 Å². The van der Waals surface area contributed by atoms with Gasteiger partial charge in [0.1, 0.15) is 22.3 Å². The van der Waals surface area contributed by atoms with E-state index in [2.05, 4.69) is 193 Å². The van der Waals surface area contributed by atoms with Crippen LogP contribution in [0.3, 0.4) is 0 Å². The minimum Gasteiger partial charge on any atom is -0.455 e. The highest BCUT2D eigenvalue weighted by atomic mass is 16.3. The second kappa shape index (κ2) is 12.2. The van der Waals surface area contributed by atoms with Gasteiger partial charge in [-0.15, -0.1) is 0 Å². The van der Waals surface area contributed by atoms with E-state index in [9.17, 15) is 0 Å². The average Bonchev–Trinajstić information content (AvgIpc) is 4.00. The van der Waals surface area contributed by atoms with Gasteiger partial charge in [-0.25, -0.2) is 0 Å². The van der Waals surface area contributed by atoms with E-state index in [0.717, 1.165) is 82.9 Å². The third-order valence-corrected chi connectivity index (χ3v) is 13.2. The molecule has 3 heterocycles. The van der Waals surface area contributed by atoms with Crippen LogP contribution in [0.15, 0.2) is 209 Å². The monoisotopic (exact) mass is 775 g/mol. The van der Waals surface area contributed by atoms with Crippen LogP contribution in [-0.4, -0.2) is 4.57 Å². The fourth-order valence-electron chi connectivity index (χ4n) is 10.4. The largest absolute Gasteiger partial charge is 0.455 e. The molecule has 3 aromatic heterocycles. The zero-order valence-electron chi connectivity index (χ0n) is 32.8. The Balaban J connectivity index is 0.973. The summed E-state index contributed by atoms with van der Waals surface area (Å²) in [6.07, 6.45) is 0. The summed E-state index contributed by atoms with van der Waals surface area (Å²) in [4.78, 5) is 0. The average molecular weight is 776 g/mol. The lowest BCUT2D eigenvalue weighted by atomic mass is 9.90. The molecule has 14 aromatic rings. The van der Waals surface area contributed by atoms with Crippen LogP contribution >= 0.6 is 0 Å². The SMILES string of the molecule is c1cc2ccc3ccc(-c4ccc(-n5c6ccc(-c7cccc8c7oc7ccccc78)cc6c6cc(-c7cccc8c7oc7ccccc78)ccc65)cc4)c4ccc(c1)c2c34. The van der Waals surface area contributed by atoms with Crippen molar-refractivity contribution in [2.75, 3.05) is 0 Å². The number of nitrogens with zero attached hydrogens (tertiary/aromatic N) is 1. The van der Waals surface area contributed by atoms with Crippen molar-refractivity contribution >= 4 is 98.0 Å². The predicted octanol–water partition coefficient (Wildman–Crippen LogP) is 16.5. The quantitative estimate of drug-likeness (QED) is 0.167. The molecule has 0 amide bonds. The second-order valence-corrected chi connectivity index (χ2v) is 16.4. The highest BCUT2D eigenvalue weighted by Crippen LogP contribution is 2.44. The van der Waals surface area contributed by atoms with Crippen molar-refractivity contribution in [1.29, 1.82) is 0 Å². The molecule has 61 heavy (non-hydrogen) atoms. The van der Waals surface area contributed by atoms with Crippen molar-refractivity contribution in [3.8, 4) is 39.1 Å². The first-order valence-corrected chi connectivity index (χ1v) is 20.9. The summed E-state index contributed by atoms with van der Waals surface area (Å²) in [6.45, 7) is 0. The Morgan fingerprint density at radius 3 is 1.39 bits per heavy atom. The van der Waals surface area contributed by atoms with Gasteiger partial charge < -0.3 is 13.4 Å². The maximum Gasteiger partial charge on any atom is 0.143 e. The van der Waals surface area contributed by atoms with E-state index in [1.165, 1.54) is 54.2 Å². The van der Waals surface area contributed by atoms with E-state index in [1.807, 2.05) is 12.1 Å². The molecule has 0 atom stereocenters. The van der Waals surface area contributed by atoms with Crippen LogP contribution in [0.2, 0.25) is 0 Å². The lowest BCUT2D eigenvalue weighted by molar-refractivity contribution is 0.669. The Morgan fingerprint density at radius 1 is 0.295 bits per heavy atom. The molecule has 14 rings (SSSR count). The molecule has 0 saturated heterocycles. The Kier molecular flexibility index (Phi) is 6.56. The van der Waals surface area contributed by atoms with Crippen molar-refractivity contribution in [3.05, 3.63) is 200 Å². The fraction of sp³-hybridized carbons (Fsp3) is 0. The molecule has 0 bridgehead atoms. The van der Waals surface area contributed by atoms with Crippen LogP contribution in [0, 0.1) is 0 Å². The maximum atomic E-state index is 6.55. The Bertz CT molecular complexity index is 3920. The van der Waals surface area contributed by atoms with Crippen LogP contribution in [0.25, 0.3) is 137 Å². The fourth-order valence-corrected chi connectivity index (χ4v) is 10.4. The molecule has 0 aliphatic rings. The zero-order valence-corrected chi connectivity index (χ0v) is 32.8. The van der Waals surface area contributed by atoms with E-state index >= 15 is 0 Å². The number of benzene rings is 11. The first kappa shape index (κ1) is 32.8. The van der Waals surface area contributed by atoms with Crippen molar-refractivity contribution in [1.82, 2.24) is 4.57 Å². The Labute approximate surface area is 349 Å². The lowest BCUT2D eigenvalue weighted by Gasteiger charge is -2.15. The second-order valence-electron chi connectivity index (χ2n) is 16.4. The highest BCUT2D eigenvalue weighted by molar-refractivity contribution is 6.25. The Morgan fingerprint density at radius 2 is 0.787 bits per heavy atom. The molecule has 0 aliphatic heterocycles. The molecule has 0 unspecified atom stereocenters. The zero-order chi connectivity index (χ0) is 39.8. The summed E-state index contributed by atoms with van der Waals surface area (Å²) in [7, 11) is 0. The van der Waals surface area contributed by atoms with Crippen molar-refractivity contribution in [2.45, 2.75) is 0 Å². The van der Waals surface area contributed by atoms with Gasteiger partial charge in [-0.05, 0) is 103 Å². The molecule has 0 fully saturated rings. The lowest BCUT2D eigenvalue weighted by Crippen LogP contribution is -1.94. The smallest absolute Gasteiger partial charge is 0.143 e. The van der Waals surface area contributed by atoms with E-state index in [-0.39, 0.29) is 0 Å². The van der Waals surface area contributed by atoms with Crippen LogP contribution in [0.4, 0.5) is 0 Å². The molecule has 0 radical (unpaired) electrons. The number of fused-ring (bicyclic) bond motifs is 9. The Hall–Kier alpha value is -8.14. The van der Waals surface area contributed by atoms with Gasteiger partial charge in [-0.1, -0.05) is 152 Å². The van der Waals surface area contributed by atoms with Crippen molar-refractivity contribution in [3.63, 3.8) is 0 Å². The number of furan rings is 2. The van der Waals surface area contributed by atoms with Crippen LogP contribution < -0.4 is 0 Å². The molecule has 0 spiro atoms. The van der Waals surface area contributed by atoms with Gasteiger partial charge in [0.25, 0.3) is 0 Å². The molecule has 0 aliphatic carbocycles. The third kappa shape index (κ3) is 4.63. The van der Waals surface area contributed by atoms with Gasteiger partial charge in [0.2, 0.25) is 0 Å². The minimum atomic E-state index is 0.901. The molecule has 11 aromatic carbocycles. The van der Waals surface area contributed by atoms with Crippen LogP contribution in [0.5, 0.6) is 0 Å². The summed E-state index contributed by atoms with van der Waals surface area (Å²) in [5.41, 5.74) is 13.9. The molecule has 3 nitrogen and oxygen atoms in total. The summed E-state index contributed by atoms with van der Waals surface area (Å²) < 4.78 is 15.5. The van der Waals surface area contributed by atoms with Gasteiger partial charge in [0.15, 0.2) is 0 Å². The summed E-state index contributed by atoms with van der Waals surface area (Å²) in [5.74, 6) is 0. The predicted molar refractivity (Wildman–Crippen MR) is 255 cm³/mol. The summed E-state index contributed by atoms with van der Waals surface area (Å²) in [5, 5.41) is 14.7. The first-order chi connectivity index (χ1) is 30.2.